The molecule has 9 nitrogen and oxygen atoms in total. The average Bonchev–Trinajstić information content (AvgIpc) is 3.19. The Morgan fingerprint density at radius 1 is 1.05 bits per heavy atom. The number of aliphatic imine (C=N–C) groups is 1. The third kappa shape index (κ3) is 5.32. The molecular weight excluding hydrogens is 514 g/mol. The molecule has 1 aliphatic carbocycles. The first-order valence-electron chi connectivity index (χ1n) is 14.1. The smallest absolute Gasteiger partial charge is 0.317 e. The van der Waals surface area contributed by atoms with Crippen LogP contribution in [0.4, 0.5) is 4.79 Å². The highest BCUT2D eigenvalue weighted by molar-refractivity contribution is 6.11. The first-order valence-corrected chi connectivity index (χ1v) is 14.1. The summed E-state index contributed by atoms with van der Waals surface area (Å²) in [6, 6.07) is 16.0. The summed E-state index contributed by atoms with van der Waals surface area (Å²) in [7, 11) is 1.90. The third-order valence-corrected chi connectivity index (χ3v) is 8.18. The van der Waals surface area contributed by atoms with Crippen LogP contribution in [0.5, 0.6) is 0 Å². The van der Waals surface area contributed by atoms with Gasteiger partial charge in [0.2, 0.25) is 5.78 Å². The van der Waals surface area contributed by atoms with E-state index in [0.29, 0.717) is 30.9 Å². The highest BCUT2D eigenvalue weighted by Crippen LogP contribution is 2.37. The SMILES string of the molecule is Cc1cc(C(=O)C2=CC=NC3=CCC=C4N(C)N=CC34N2)ccc1CNC(=O)N1CCN(Cc2ccccc2)CC1. The molecule has 1 atom stereocenters. The Labute approximate surface area is 240 Å². The van der Waals surface area contributed by atoms with Crippen molar-refractivity contribution in [2.45, 2.75) is 32.0 Å². The molecular formula is C32H35N7O2. The molecule has 6 rings (SSSR count). The van der Waals surface area contributed by atoms with E-state index in [0.717, 1.165) is 48.6 Å². The maximum Gasteiger partial charge on any atom is 0.317 e. The van der Waals surface area contributed by atoms with Gasteiger partial charge in [0, 0.05) is 58.1 Å². The number of amides is 2. The third-order valence-electron chi connectivity index (χ3n) is 8.18. The summed E-state index contributed by atoms with van der Waals surface area (Å²) in [5, 5.41) is 12.8. The second-order valence-corrected chi connectivity index (χ2v) is 10.9. The standard InChI is InChI=1S/C32H35N7O2/c1-23-19-25(30(40)27-13-14-33-28-9-6-10-29-32(28,36-27)22-35-37(29)2)11-12-26(23)20-34-31(41)39-17-15-38(16-18-39)21-24-7-4-3-5-8-24/h3-5,7-14,19,22,36H,6,15-18,20-21H2,1-2H3,(H,34,41). The maximum atomic E-state index is 13.6. The lowest BCUT2D eigenvalue weighted by Gasteiger charge is -2.34. The molecule has 3 aliphatic heterocycles. The van der Waals surface area contributed by atoms with Gasteiger partial charge in [-0.3, -0.25) is 19.7 Å². The Kier molecular flexibility index (Phi) is 7.28. The van der Waals surface area contributed by atoms with Crippen LogP contribution < -0.4 is 10.6 Å². The van der Waals surface area contributed by atoms with Gasteiger partial charge in [-0.25, -0.2) is 4.79 Å². The lowest BCUT2D eigenvalue weighted by Crippen LogP contribution is -2.51. The summed E-state index contributed by atoms with van der Waals surface area (Å²) in [6.45, 7) is 6.39. The summed E-state index contributed by atoms with van der Waals surface area (Å²) in [6.07, 6.45) is 10.1. The molecule has 9 heteroatoms. The van der Waals surface area contributed by atoms with Gasteiger partial charge < -0.3 is 15.5 Å². The lowest BCUT2D eigenvalue weighted by molar-refractivity contribution is 0.102. The molecule has 2 aromatic rings. The van der Waals surface area contributed by atoms with Crippen molar-refractivity contribution in [3.05, 3.63) is 106 Å². The second-order valence-electron chi connectivity index (χ2n) is 10.9. The number of nitrogens with one attached hydrogen (secondary N) is 2. The predicted octanol–water partition coefficient (Wildman–Crippen LogP) is 3.60. The Hall–Kier alpha value is -4.50. The number of hydrogen-bond acceptors (Lipinski definition) is 7. The Morgan fingerprint density at radius 3 is 2.63 bits per heavy atom. The molecule has 0 aromatic heterocycles. The fourth-order valence-electron chi connectivity index (χ4n) is 5.81. The number of aryl methyl sites for hydroxylation is 1. The largest absolute Gasteiger partial charge is 0.361 e. The first kappa shape index (κ1) is 26.7. The molecule has 2 amide bonds. The highest BCUT2D eigenvalue weighted by atomic mass is 16.2. The van der Waals surface area contributed by atoms with Crippen LogP contribution in [0.2, 0.25) is 0 Å². The van der Waals surface area contributed by atoms with Crippen molar-refractivity contribution in [1.82, 2.24) is 25.4 Å². The average molecular weight is 550 g/mol. The Bertz CT molecular complexity index is 1500. The Balaban J connectivity index is 1.05. The summed E-state index contributed by atoms with van der Waals surface area (Å²) < 4.78 is 0. The molecule has 0 radical (unpaired) electrons. The topological polar surface area (TPSA) is 92.6 Å². The molecule has 0 saturated carbocycles. The summed E-state index contributed by atoms with van der Waals surface area (Å²) in [4.78, 5) is 35.3. The molecule has 1 saturated heterocycles. The second kappa shape index (κ2) is 11.2. The van der Waals surface area contributed by atoms with Crippen LogP contribution in [0.15, 0.2) is 93.9 Å². The molecule has 1 unspecified atom stereocenters. The quantitative estimate of drug-likeness (QED) is 0.538. The van der Waals surface area contributed by atoms with Gasteiger partial charge >= 0.3 is 6.03 Å². The van der Waals surface area contributed by atoms with Gasteiger partial charge in [0.15, 0.2) is 5.54 Å². The molecule has 2 N–H and O–H groups in total. The van der Waals surface area contributed by atoms with Gasteiger partial charge in [-0.1, -0.05) is 54.6 Å². The fraction of sp³-hybridized carbons (Fsp3) is 0.312. The minimum absolute atomic E-state index is 0.0568. The molecule has 3 heterocycles. The number of nitrogens with zero attached hydrogens (tertiary/aromatic N) is 5. The number of benzene rings is 2. The summed E-state index contributed by atoms with van der Waals surface area (Å²) >= 11 is 0. The fourth-order valence-corrected chi connectivity index (χ4v) is 5.81. The zero-order chi connectivity index (χ0) is 28.4. The zero-order valence-corrected chi connectivity index (χ0v) is 23.5. The van der Waals surface area contributed by atoms with Crippen LogP contribution >= 0.6 is 0 Å². The highest BCUT2D eigenvalue weighted by Gasteiger charge is 2.46. The van der Waals surface area contributed by atoms with Gasteiger partial charge in [-0.15, -0.1) is 0 Å². The van der Waals surface area contributed by atoms with Gasteiger partial charge in [-0.05, 0) is 42.2 Å². The Morgan fingerprint density at radius 2 is 1.85 bits per heavy atom. The molecule has 1 spiro atoms. The van der Waals surface area contributed by atoms with Crippen molar-refractivity contribution in [3.63, 3.8) is 0 Å². The number of urea groups is 1. The molecule has 1 fully saturated rings. The number of carbonyl (C=O) groups excluding carboxylic acids is 2. The van der Waals surface area contributed by atoms with E-state index in [-0.39, 0.29) is 11.8 Å². The van der Waals surface area contributed by atoms with Crippen molar-refractivity contribution in [2.75, 3.05) is 33.2 Å². The van der Waals surface area contributed by atoms with Crippen LogP contribution in [0.3, 0.4) is 0 Å². The summed E-state index contributed by atoms with van der Waals surface area (Å²) in [5.41, 5.74) is 5.31. The minimum Gasteiger partial charge on any atom is -0.361 e. The van der Waals surface area contributed by atoms with Crippen molar-refractivity contribution >= 4 is 24.2 Å². The molecule has 210 valence electrons. The van der Waals surface area contributed by atoms with E-state index >= 15 is 0 Å². The van der Waals surface area contributed by atoms with Gasteiger partial charge in [0.1, 0.15) is 0 Å². The number of hydrogen-bond donors (Lipinski definition) is 2. The first-order chi connectivity index (χ1) is 19.9. The molecule has 4 aliphatic rings. The number of piperazine rings is 1. The van der Waals surface area contributed by atoms with Crippen LogP contribution in [0.1, 0.15) is 33.5 Å². The van der Waals surface area contributed by atoms with E-state index in [4.69, 9.17) is 0 Å². The van der Waals surface area contributed by atoms with Crippen molar-refractivity contribution in [2.24, 2.45) is 10.1 Å². The number of Topliss-reactive ketones (excluding diaryl/α,β-unsaturated/α-hetero) is 1. The maximum absolute atomic E-state index is 13.6. The van der Waals surface area contributed by atoms with E-state index in [1.54, 1.807) is 12.3 Å². The van der Waals surface area contributed by atoms with E-state index < -0.39 is 5.54 Å². The van der Waals surface area contributed by atoms with Gasteiger partial charge in [0.25, 0.3) is 0 Å². The molecule has 2 aromatic carbocycles. The van der Waals surface area contributed by atoms with Crippen molar-refractivity contribution in [1.29, 1.82) is 0 Å². The lowest BCUT2D eigenvalue weighted by atomic mass is 9.87. The van der Waals surface area contributed by atoms with Crippen LogP contribution in [0.25, 0.3) is 0 Å². The van der Waals surface area contributed by atoms with Gasteiger partial charge in [-0.2, -0.15) is 5.10 Å². The van der Waals surface area contributed by atoms with Crippen LogP contribution in [-0.4, -0.2) is 77.8 Å². The van der Waals surface area contributed by atoms with Crippen molar-refractivity contribution < 1.29 is 9.59 Å². The molecule has 0 bridgehead atoms. The number of carbonyl (C=O) groups is 2. The van der Waals surface area contributed by atoms with E-state index in [2.05, 4.69) is 62.0 Å². The monoisotopic (exact) mass is 549 g/mol. The predicted molar refractivity (Wildman–Crippen MR) is 161 cm³/mol. The number of ketones is 1. The van der Waals surface area contributed by atoms with Crippen molar-refractivity contribution in [3.8, 4) is 0 Å². The van der Waals surface area contributed by atoms with Crippen LogP contribution in [-0.2, 0) is 13.1 Å². The van der Waals surface area contributed by atoms with E-state index in [9.17, 15) is 9.59 Å². The van der Waals surface area contributed by atoms with Crippen LogP contribution in [0, 0.1) is 6.92 Å². The number of likely N-dealkylation sites (N-methyl/N-ethyl adjacent to an activating group) is 1. The zero-order valence-electron chi connectivity index (χ0n) is 23.5. The number of allylic oxidation sites excluding steroid dienone is 4. The number of hydrazone groups is 1. The minimum atomic E-state index is -0.742. The van der Waals surface area contributed by atoms with E-state index in [1.807, 2.05) is 54.4 Å². The molecule has 41 heavy (non-hydrogen) atoms. The van der Waals surface area contributed by atoms with Gasteiger partial charge in [0.05, 0.1) is 23.3 Å². The van der Waals surface area contributed by atoms with E-state index in [1.165, 1.54) is 5.56 Å². The number of rotatable bonds is 6. The summed E-state index contributed by atoms with van der Waals surface area (Å²) in [5.74, 6) is -0.119. The normalized spacial score (nSPS) is 21.7.